The summed E-state index contributed by atoms with van der Waals surface area (Å²) >= 11 is 0. The second-order valence-corrected chi connectivity index (χ2v) is 5.39. The summed E-state index contributed by atoms with van der Waals surface area (Å²) in [6, 6.07) is 8.92. The van der Waals surface area contributed by atoms with Gasteiger partial charge >= 0.3 is 0 Å². The summed E-state index contributed by atoms with van der Waals surface area (Å²) in [4.78, 5) is 26.9. The Kier molecular flexibility index (Phi) is 5.85. The molecule has 1 aromatic carbocycles. The molecule has 2 rings (SSSR count). The number of hydrogen-bond donors (Lipinski definition) is 3. The number of aromatic amines is 1. The number of carbonyl (C=O) groups is 2. The van der Waals surface area contributed by atoms with Gasteiger partial charge in [-0.2, -0.15) is 0 Å². The van der Waals surface area contributed by atoms with Gasteiger partial charge in [0.05, 0.1) is 0 Å². The fourth-order valence-corrected chi connectivity index (χ4v) is 2.31. The summed E-state index contributed by atoms with van der Waals surface area (Å²) in [6.07, 6.45) is 5.03. The molecule has 0 saturated heterocycles. The average molecular weight is 339 g/mol. The van der Waals surface area contributed by atoms with Crippen molar-refractivity contribution in [3.05, 3.63) is 52.8 Å². The Hall–Kier alpha value is -3.20. The highest BCUT2D eigenvalue weighted by Crippen LogP contribution is 2.27. The molecule has 0 radical (unpaired) electrons. The number of H-pyrrole nitrogens is 1. The minimum absolute atomic E-state index is 0.204. The minimum atomic E-state index is -0.361. The number of benzene rings is 1. The first-order chi connectivity index (χ1) is 12.0. The van der Waals surface area contributed by atoms with Gasteiger partial charge in [0.25, 0.3) is 11.8 Å². The molecule has 3 N–H and O–H groups in total. The second-order valence-electron chi connectivity index (χ2n) is 5.39. The lowest BCUT2D eigenvalue weighted by Gasteiger charge is -2.15. The summed E-state index contributed by atoms with van der Waals surface area (Å²) in [6.45, 7) is 4.17. The highest BCUT2D eigenvalue weighted by Gasteiger charge is 2.21. The van der Waals surface area contributed by atoms with Gasteiger partial charge in [0.15, 0.2) is 5.75 Å². The van der Waals surface area contributed by atoms with Gasteiger partial charge in [-0.05, 0) is 31.5 Å². The van der Waals surface area contributed by atoms with Gasteiger partial charge in [-0.25, -0.2) is 0 Å². The van der Waals surface area contributed by atoms with Crippen LogP contribution in [0.5, 0.6) is 5.75 Å². The van der Waals surface area contributed by atoms with E-state index in [1.165, 1.54) is 13.1 Å². The van der Waals surface area contributed by atoms with E-state index in [2.05, 4.69) is 21.5 Å². The molecule has 1 atom stereocenters. The number of carbonyl (C=O) groups excluding carboxylic acids is 2. The summed E-state index contributed by atoms with van der Waals surface area (Å²) in [5.74, 6) is 2.21. The topological polar surface area (TPSA) is 83.2 Å². The number of amides is 2. The van der Waals surface area contributed by atoms with E-state index in [0.29, 0.717) is 12.3 Å². The SMILES string of the molecule is C#Cc1ccc(C(C)Oc2cc(C(=O)NCC)[nH]c2C(=O)NC)cc1. The maximum absolute atomic E-state index is 12.1. The number of terminal acetylenes is 1. The van der Waals surface area contributed by atoms with Gasteiger partial charge < -0.3 is 20.4 Å². The van der Waals surface area contributed by atoms with Crippen molar-refractivity contribution >= 4 is 11.8 Å². The fourth-order valence-electron chi connectivity index (χ4n) is 2.31. The Bertz CT molecular complexity index is 800. The van der Waals surface area contributed by atoms with E-state index in [1.54, 1.807) is 0 Å². The highest BCUT2D eigenvalue weighted by molar-refractivity contribution is 5.99. The molecule has 0 fully saturated rings. The van der Waals surface area contributed by atoms with Crippen molar-refractivity contribution in [1.82, 2.24) is 15.6 Å². The molecule has 0 saturated carbocycles. The van der Waals surface area contributed by atoms with E-state index >= 15 is 0 Å². The van der Waals surface area contributed by atoms with Crippen LogP contribution in [0.4, 0.5) is 0 Å². The zero-order valence-electron chi connectivity index (χ0n) is 14.5. The van der Waals surface area contributed by atoms with E-state index in [9.17, 15) is 9.59 Å². The summed E-state index contributed by atoms with van der Waals surface area (Å²) < 4.78 is 5.91. The van der Waals surface area contributed by atoms with Crippen molar-refractivity contribution in [3.8, 4) is 18.1 Å². The van der Waals surface area contributed by atoms with Crippen LogP contribution in [0.3, 0.4) is 0 Å². The molecule has 2 aromatic rings. The number of nitrogens with one attached hydrogen (secondary N) is 3. The molecule has 2 amide bonds. The summed E-state index contributed by atoms with van der Waals surface area (Å²) in [5.41, 5.74) is 2.16. The van der Waals surface area contributed by atoms with E-state index < -0.39 is 0 Å². The van der Waals surface area contributed by atoms with Gasteiger partial charge in [-0.1, -0.05) is 18.1 Å². The maximum Gasteiger partial charge on any atom is 0.271 e. The van der Waals surface area contributed by atoms with Crippen molar-refractivity contribution in [2.75, 3.05) is 13.6 Å². The minimum Gasteiger partial charge on any atom is -0.484 e. The molecule has 0 aliphatic carbocycles. The molecule has 6 nitrogen and oxygen atoms in total. The van der Waals surface area contributed by atoms with Crippen molar-refractivity contribution < 1.29 is 14.3 Å². The average Bonchev–Trinajstić information content (AvgIpc) is 3.05. The van der Waals surface area contributed by atoms with Gasteiger partial charge in [-0.3, -0.25) is 9.59 Å². The van der Waals surface area contributed by atoms with Crippen molar-refractivity contribution in [2.24, 2.45) is 0 Å². The smallest absolute Gasteiger partial charge is 0.271 e. The van der Waals surface area contributed by atoms with Crippen LogP contribution in [0.2, 0.25) is 0 Å². The first kappa shape index (κ1) is 18.1. The first-order valence-corrected chi connectivity index (χ1v) is 7.96. The zero-order valence-corrected chi connectivity index (χ0v) is 14.5. The molecule has 1 unspecified atom stereocenters. The van der Waals surface area contributed by atoms with E-state index in [-0.39, 0.29) is 29.3 Å². The molecule has 1 aromatic heterocycles. The number of aromatic nitrogens is 1. The van der Waals surface area contributed by atoms with E-state index in [1.807, 2.05) is 38.1 Å². The lowest BCUT2D eigenvalue weighted by atomic mass is 10.1. The molecule has 0 bridgehead atoms. The Labute approximate surface area is 147 Å². The highest BCUT2D eigenvalue weighted by atomic mass is 16.5. The van der Waals surface area contributed by atoms with Crippen molar-refractivity contribution in [2.45, 2.75) is 20.0 Å². The quantitative estimate of drug-likeness (QED) is 0.706. The van der Waals surface area contributed by atoms with Crippen molar-refractivity contribution in [3.63, 3.8) is 0 Å². The summed E-state index contributed by atoms with van der Waals surface area (Å²) in [7, 11) is 1.51. The van der Waals surface area contributed by atoms with Gasteiger partial charge in [0.1, 0.15) is 17.5 Å². The predicted molar refractivity (Wildman–Crippen MR) is 95.6 cm³/mol. The summed E-state index contributed by atoms with van der Waals surface area (Å²) in [5, 5.41) is 5.21. The molecule has 130 valence electrons. The third-order valence-electron chi connectivity index (χ3n) is 3.67. The molecular formula is C19H21N3O3. The lowest BCUT2D eigenvalue weighted by Crippen LogP contribution is -2.23. The Morgan fingerprint density at radius 3 is 2.52 bits per heavy atom. The molecule has 6 heteroatoms. The van der Waals surface area contributed by atoms with E-state index in [0.717, 1.165) is 11.1 Å². The van der Waals surface area contributed by atoms with Crippen LogP contribution in [0.25, 0.3) is 0 Å². The fraction of sp³-hybridized carbons (Fsp3) is 0.263. The Balaban J connectivity index is 2.28. The molecule has 0 spiro atoms. The maximum atomic E-state index is 12.1. The van der Waals surface area contributed by atoms with Gasteiger partial charge in [-0.15, -0.1) is 6.42 Å². The third kappa shape index (κ3) is 4.21. The van der Waals surface area contributed by atoms with Crippen LogP contribution in [0, 0.1) is 12.3 Å². The Morgan fingerprint density at radius 1 is 1.28 bits per heavy atom. The molecule has 0 aliphatic rings. The van der Waals surface area contributed by atoms with Gasteiger partial charge in [0.2, 0.25) is 0 Å². The van der Waals surface area contributed by atoms with Crippen LogP contribution in [0.15, 0.2) is 30.3 Å². The van der Waals surface area contributed by atoms with Crippen LogP contribution in [-0.4, -0.2) is 30.4 Å². The third-order valence-corrected chi connectivity index (χ3v) is 3.67. The van der Waals surface area contributed by atoms with Crippen molar-refractivity contribution in [1.29, 1.82) is 0 Å². The molecule has 1 heterocycles. The number of rotatable bonds is 6. The molecule has 25 heavy (non-hydrogen) atoms. The predicted octanol–water partition coefficient (Wildman–Crippen LogP) is 2.25. The number of ether oxygens (including phenoxy) is 1. The normalized spacial score (nSPS) is 11.3. The standard InChI is InChI=1S/C19H21N3O3/c1-5-13-7-9-14(10-8-13)12(3)25-16-11-15(18(23)21-6-2)22-17(16)19(24)20-4/h1,7-12,22H,6H2,2-4H3,(H,20,24)(H,21,23). The largest absolute Gasteiger partial charge is 0.484 e. The van der Waals surface area contributed by atoms with Crippen LogP contribution in [0.1, 0.15) is 52.1 Å². The lowest BCUT2D eigenvalue weighted by molar-refractivity contribution is 0.0951. The van der Waals surface area contributed by atoms with Gasteiger partial charge in [0, 0.05) is 25.2 Å². The number of hydrogen-bond acceptors (Lipinski definition) is 3. The Morgan fingerprint density at radius 2 is 1.96 bits per heavy atom. The van der Waals surface area contributed by atoms with Crippen LogP contribution >= 0.6 is 0 Å². The van der Waals surface area contributed by atoms with Crippen LogP contribution < -0.4 is 15.4 Å². The molecular weight excluding hydrogens is 318 g/mol. The van der Waals surface area contributed by atoms with E-state index in [4.69, 9.17) is 11.2 Å². The zero-order chi connectivity index (χ0) is 18.4. The second kappa shape index (κ2) is 8.06. The molecule has 0 aliphatic heterocycles. The van der Waals surface area contributed by atoms with Crippen LogP contribution in [-0.2, 0) is 0 Å². The first-order valence-electron chi connectivity index (χ1n) is 7.96. The monoisotopic (exact) mass is 339 g/mol.